The third-order valence-corrected chi connectivity index (χ3v) is 5.43. The van der Waals surface area contributed by atoms with E-state index < -0.39 is 0 Å². The van der Waals surface area contributed by atoms with Gasteiger partial charge in [-0.05, 0) is 49.6 Å². The van der Waals surface area contributed by atoms with Gasteiger partial charge in [-0.25, -0.2) is 4.39 Å². The van der Waals surface area contributed by atoms with Crippen molar-refractivity contribution in [2.24, 2.45) is 4.99 Å². The number of halogens is 1. The van der Waals surface area contributed by atoms with Gasteiger partial charge in [-0.3, -0.25) is 9.89 Å². The second kappa shape index (κ2) is 11.6. The summed E-state index contributed by atoms with van der Waals surface area (Å²) in [7, 11) is 3.42. The third kappa shape index (κ3) is 7.14. The van der Waals surface area contributed by atoms with E-state index in [1.54, 1.807) is 14.2 Å². The van der Waals surface area contributed by atoms with Gasteiger partial charge >= 0.3 is 0 Å². The van der Waals surface area contributed by atoms with Crippen LogP contribution in [0.3, 0.4) is 0 Å². The lowest BCUT2D eigenvalue weighted by atomic mass is 10.0. The van der Waals surface area contributed by atoms with E-state index in [1.807, 2.05) is 43.3 Å². The predicted molar refractivity (Wildman–Crippen MR) is 122 cm³/mol. The molecule has 2 aromatic rings. The zero-order valence-electron chi connectivity index (χ0n) is 18.6. The first-order valence-electron chi connectivity index (χ1n) is 10.8. The number of likely N-dealkylation sites (tertiary alicyclic amines) is 1. The molecule has 7 heteroatoms. The van der Waals surface area contributed by atoms with Crippen LogP contribution in [0.15, 0.2) is 53.5 Å². The number of ether oxygens (including phenoxy) is 2. The Morgan fingerprint density at radius 2 is 1.81 bits per heavy atom. The van der Waals surface area contributed by atoms with Gasteiger partial charge in [0.1, 0.15) is 11.9 Å². The highest BCUT2D eigenvalue weighted by atomic mass is 19.1. The van der Waals surface area contributed by atoms with Gasteiger partial charge < -0.3 is 20.1 Å². The van der Waals surface area contributed by atoms with Crippen molar-refractivity contribution in [1.29, 1.82) is 0 Å². The molecule has 0 saturated carbocycles. The number of piperidine rings is 1. The quantitative estimate of drug-likeness (QED) is 0.498. The predicted octanol–water partition coefficient (Wildman–Crippen LogP) is 3.43. The molecule has 2 aromatic carbocycles. The van der Waals surface area contributed by atoms with Crippen LogP contribution in [0.1, 0.15) is 25.3 Å². The van der Waals surface area contributed by atoms with Crippen LogP contribution in [0.2, 0.25) is 0 Å². The van der Waals surface area contributed by atoms with E-state index in [-0.39, 0.29) is 11.9 Å². The third-order valence-electron chi connectivity index (χ3n) is 5.43. The minimum Gasteiger partial charge on any atom is -0.493 e. The van der Waals surface area contributed by atoms with Gasteiger partial charge in [0.15, 0.2) is 17.5 Å². The minimum absolute atomic E-state index is 0.0487. The smallest absolute Gasteiger partial charge is 0.191 e. The number of nitrogens with one attached hydrogen (secondary N) is 2. The molecule has 0 aliphatic carbocycles. The Labute approximate surface area is 184 Å². The highest BCUT2D eigenvalue weighted by Gasteiger charge is 2.20. The van der Waals surface area contributed by atoms with Crippen LogP contribution in [-0.4, -0.2) is 56.8 Å². The van der Waals surface area contributed by atoms with Crippen LogP contribution >= 0.6 is 0 Å². The topological polar surface area (TPSA) is 58.1 Å². The van der Waals surface area contributed by atoms with Crippen molar-refractivity contribution >= 4 is 5.96 Å². The molecule has 0 aromatic heterocycles. The molecule has 1 fully saturated rings. The lowest BCUT2D eigenvalue weighted by Crippen LogP contribution is -2.49. The summed E-state index contributed by atoms with van der Waals surface area (Å²) in [5.41, 5.74) is 1.15. The van der Waals surface area contributed by atoms with Crippen LogP contribution in [0.25, 0.3) is 0 Å². The second-order valence-corrected chi connectivity index (χ2v) is 7.85. The maximum atomic E-state index is 13.1. The zero-order chi connectivity index (χ0) is 22.1. The lowest BCUT2D eigenvalue weighted by molar-refractivity contribution is 0.197. The fourth-order valence-corrected chi connectivity index (χ4v) is 3.69. The molecular formula is C24H33FN4O2. The number of guanidine groups is 1. The van der Waals surface area contributed by atoms with Crippen molar-refractivity contribution in [3.63, 3.8) is 0 Å². The molecule has 168 valence electrons. The molecule has 0 radical (unpaired) electrons. The molecule has 2 N–H and O–H groups in total. The van der Waals surface area contributed by atoms with E-state index in [2.05, 4.69) is 20.5 Å². The van der Waals surface area contributed by atoms with Crippen molar-refractivity contribution < 1.29 is 13.9 Å². The fourth-order valence-electron chi connectivity index (χ4n) is 3.69. The number of para-hydroxylation sites is 2. The summed E-state index contributed by atoms with van der Waals surface area (Å²) in [5.74, 6) is 2.06. The Balaban J connectivity index is 1.39. The maximum Gasteiger partial charge on any atom is 0.191 e. The molecule has 1 unspecified atom stereocenters. The summed E-state index contributed by atoms with van der Waals surface area (Å²) in [4.78, 5) is 6.76. The lowest BCUT2D eigenvalue weighted by Gasteiger charge is -2.33. The van der Waals surface area contributed by atoms with E-state index >= 15 is 0 Å². The Morgan fingerprint density at radius 1 is 1.13 bits per heavy atom. The van der Waals surface area contributed by atoms with Gasteiger partial charge in [0, 0.05) is 32.7 Å². The monoisotopic (exact) mass is 428 g/mol. The summed E-state index contributed by atoms with van der Waals surface area (Å²) in [6, 6.07) is 14.8. The van der Waals surface area contributed by atoms with Crippen LogP contribution in [0.5, 0.6) is 11.5 Å². The highest BCUT2D eigenvalue weighted by molar-refractivity contribution is 5.80. The molecule has 0 spiro atoms. The number of benzene rings is 2. The van der Waals surface area contributed by atoms with Crippen molar-refractivity contribution in [2.75, 3.05) is 33.8 Å². The second-order valence-electron chi connectivity index (χ2n) is 7.85. The number of hydrogen-bond acceptors (Lipinski definition) is 4. The average Bonchev–Trinajstić information content (AvgIpc) is 2.79. The van der Waals surface area contributed by atoms with Crippen LogP contribution in [0.4, 0.5) is 4.39 Å². The molecule has 0 amide bonds. The SMILES string of the molecule is CN=C(NCC(C)Oc1ccccc1OC)NC1CCN(Cc2ccc(F)cc2)CC1. The number of hydrogen-bond donors (Lipinski definition) is 2. The van der Waals surface area contributed by atoms with Gasteiger partial charge in [-0.1, -0.05) is 24.3 Å². The van der Waals surface area contributed by atoms with Crippen LogP contribution in [0, 0.1) is 5.82 Å². The summed E-state index contributed by atoms with van der Waals surface area (Å²) >= 11 is 0. The number of aliphatic imine (C=N–C) groups is 1. The summed E-state index contributed by atoms with van der Waals surface area (Å²) in [6.07, 6.45) is 2.03. The van der Waals surface area contributed by atoms with Gasteiger partial charge in [0.25, 0.3) is 0 Å². The van der Waals surface area contributed by atoms with E-state index in [0.29, 0.717) is 12.6 Å². The average molecular weight is 429 g/mol. The molecular weight excluding hydrogens is 395 g/mol. The van der Waals surface area contributed by atoms with Crippen LogP contribution in [-0.2, 0) is 6.54 Å². The van der Waals surface area contributed by atoms with Gasteiger partial charge in [0.2, 0.25) is 0 Å². The molecule has 1 aliphatic heterocycles. The summed E-state index contributed by atoms with van der Waals surface area (Å²) < 4.78 is 24.4. The first kappa shape index (κ1) is 22.9. The van der Waals surface area contributed by atoms with Crippen molar-refractivity contribution in [1.82, 2.24) is 15.5 Å². The van der Waals surface area contributed by atoms with Crippen LogP contribution < -0.4 is 20.1 Å². The minimum atomic E-state index is -0.187. The Kier molecular flexibility index (Phi) is 8.53. The van der Waals surface area contributed by atoms with Gasteiger partial charge in [0.05, 0.1) is 13.7 Å². The standard InChI is InChI=1S/C24H33FN4O2/c1-18(31-23-7-5-4-6-22(23)30-3)16-27-24(26-2)28-21-12-14-29(15-13-21)17-19-8-10-20(25)11-9-19/h4-11,18,21H,12-17H2,1-3H3,(H2,26,27,28). The maximum absolute atomic E-state index is 13.1. The van der Waals surface area contributed by atoms with Gasteiger partial charge in [-0.15, -0.1) is 0 Å². The fraction of sp³-hybridized carbons (Fsp3) is 0.458. The molecule has 1 saturated heterocycles. The Hall–Kier alpha value is -2.80. The van der Waals surface area contributed by atoms with E-state index in [0.717, 1.165) is 55.5 Å². The largest absolute Gasteiger partial charge is 0.493 e. The molecule has 1 heterocycles. The Bertz CT molecular complexity index is 836. The molecule has 3 rings (SSSR count). The van der Waals surface area contributed by atoms with E-state index in [4.69, 9.17) is 9.47 Å². The Morgan fingerprint density at radius 3 is 2.45 bits per heavy atom. The highest BCUT2D eigenvalue weighted by Crippen LogP contribution is 2.26. The van der Waals surface area contributed by atoms with E-state index in [1.165, 1.54) is 12.1 Å². The number of methoxy groups -OCH3 is 1. The molecule has 1 atom stereocenters. The molecule has 31 heavy (non-hydrogen) atoms. The number of rotatable bonds is 8. The molecule has 1 aliphatic rings. The normalized spacial score (nSPS) is 16.6. The molecule has 6 nitrogen and oxygen atoms in total. The molecule has 0 bridgehead atoms. The van der Waals surface area contributed by atoms with Crippen molar-refractivity contribution in [3.05, 3.63) is 59.9 Å². The van der Waals surface area contributed by atoms with E-state index in [9.17, 15) is 4.39 Å². The van der Waals surface area contributed by atoms with Crippen molar-refractivity contribution in [3.8, 4) is 11.5 Å². The first-order valence-corrected chi connectivity index (χ1v) is 10.8. The zero-order valence-corrected chi connectivity index (χ0v) is 18.6. The summed E-state index contributed by atoms with van der Waals surface area (Å²) in [5, 5.41) is 6.88. The first-order chi connectivity index (χ1) is 15.1. The van der Waals surface area contributed by atoms with Gasteiger partial charge in [-0.2, -0.15) is 0 Å². The summed E-state index contributed by atoms with van der Waals surface area (Å²) in [6.45, 7) is 5.50. The van der Waals surface area contributed by atoms with Crippen molar-refractivity contribution in [2.45, 2.75) is 38.5 Å². The number of nitrogens with zero attached hydrogens (tertiary/aromatic N) is 2.